The number of nitriles is 1. The molecule has 0 saturated carbocycles. The van der Waals surface area contributed by atoms with Gasteiger partial charge in [-0.25, -0.2) is 31.3 Å². The number of pyridine rings is 1. The molecule has 2 atom stereocenters. The van der Waals surface area contributed by atoms with Crippen LogP contribution in [0.4, 0.5) is 43.0 Å². The topological polar surface area (TPSA) is 159 Å². The van der Waals surface area contributed by atoms with Gasteiger partial charge in [-0.1, -0.05) is 23.7 Å². The third kappa shape index (κ3) is 5.69. The van der Waals surface area contributed by atoms with E-state index in [4.69, 9.17) is 27.8 Å². The molecule has 250 valence electrons. The molecular weight excluding hydrogens is 686 g/mol. The zero-order valence-corrected chi connectivity index (χ0v) is 26.1. The Balaban J connectivity index is 1.57. The highest BCUT2D eigenvalue weighted by Crippen LogP contribution is 2.49. The van der Waals surface area contributed by atoms with E-state index in [1.165, 1.54) is 30.3 Å². The number of anilines is 3. The normalized spacial score (nSPS) is 16.9. The zero-order valence-electron chi connectivity index (χ0n) is 24.5. The van der Waals surface area contributed by atoms with Gasteiger partial charge in [0.2, 0.25) is 0 Å². The minimum Gasteiger partial charge on any atom is -0.506 e. The lowest BCUT2D eigenvalue weighted by atomic mass is 9.96. The van der Waals surface area contributed by atoms with E-state index in [-0.39, 0.29) is 37.6 Å². The van der Waals surface area contributed by atoms with E-state index in [1.54, 1.807) is 0 Å². The molecule has 48 heavy (non-hydrogen) atoms. The number of nitrogens with zero attached hydrogens (tertiary/aromatic N) is 5. The maximum absolute atomic E-state index is 16.8. The number of halogens is 7. The van der Waals surface area contributed by atoms with Gasteiger partial charge >= 0.3 is 6.01 Å². The molecule has 6 rings (SSSR count). The van der Waals surface area contributed by atoms with E-state index in [9.17, 15) is 32.3 Å². The van der Waals surface area contributed by atoms with E-state index in [0.717, 1.165) is 23.5 Å². The molecule has 1 aliphatic rings. The molecule has 18 heteroatoms. The van der Waals surface area contributed by atoms with Crippen molar-refractivity contribution in [2.75, 3.05) is 37.0 Å². The van der Waals surface area contributed by atoms with Crippen LogP contribution in [-0.2, 0) is 0 Å². The lowest BCUT2D eigenvalue weighted by molar-refractivity contribution is 0.0136. The number of hydrogen-bond donors (Lipinski definition) is 4. The number of nitrogens with two attached hydrogens (primary N) is 2. The number of phenols is 1. The van der Waals surface area contributed by atoms with Crippen molar-refractivity contribution in [3.05, 3.63) is 58.2 Å². The highest BCUT2D eigenvalue weighted by atomic mass is 35.5. The number of nitrogen functional groups attached to an aromatic ring is 2. The fourth-order valence-electron chi connectivity index (χ4n) is 5.71. The van der Waals surface area contributed by atoms with Gasteiger partial charge in [0.1, 0.15) is 52.4 Å². The second-order valence-corrected chi connectivity index (χ2v) is 12.5. The number of alkyl halides is 4. The molecule has 10 nitrogen and oxygen atoms in total. The highest BCUT2D eigenvalue weighted by molar-refractivity contribution is 7.23. The molecule has 6 N–H and O–H groups in total. The summed E-state index contributed by atoms with van der Waals surface area (Å²) in [5.41, 5.74) is 10.1. The van der Waals surface area contributed by atoms with Crippen molar-refractivity contribution >= 4 is 60.6 Å². The number of nitrogens with one attached hydrogen (secondary N) is 1. The Morgan fingerprint density at radius 1 is 1.23 bits per heavy atom. The van der Waals surface area contributed by atoms with Gasteiger partial charge in [-0.15, -0.1) is 11.3 Å². The second kappa shape index (κ2) is 12.3. The first-order valence-electron chi connectivity index (χ1n) is 14.0. The molecule has 1 saturated heterocycles. The van der Waals surface area contributed by atoms with Crippen LogP contribution in [0.2, 0.25) is 5.02 Å². The molecule has 1 fully saturated rings. The van der Waals surface area contributed by atoms with E-state index < -0.39 is 94.7 Å². The third-order valence-corrected chi connectivity index (χ3v) is 9.37. The number of phenolic OH excluding ortho intramolecular Hbond substituents is 1. The molecule has 3 aromatic heterocycles. The molecule has 0 aliphatic carbocycles. The quantitative estimate of drug-likeness (QED) is 0.128. The third-order valence-electron chi connectivity index (χ3n) is 7.97. The molecule has 0 spiro atoms. The van der Waals surface area contributed by atoms with Crippen LogP contribution < -0.4 is 21.5 Å². The molecule has 0 bridgehead atoms. The molecule has 4 heterocycles. The first kappa shape index (κ1) is 33.1. The number of fused-ring (bicyclic) bond motifs is 2. The lowest BCUT2D eigenvalue weighted by Gasteiger charge is -2.23. The summed E-state index contributed by atoms with van der Waals surface area (Å²) in [6, 6.07) is 3.29. The molecule has 2 aromatic carbocycles. The van der Waals surface area contributed by atoms with Crippen LogP contribution in [0.5, 0.6) is 11.8 Å². The number of likely N-dealkylation sites (N-methyl/N-ethyl adjacent to an activating group) is 1. The average molecular weight is 709 g/mol. The van der Waals surface area contributed by atoms with Crippen LogP contribution >= 0.6 is 22.9 Å². The van der Waals surface area contributed by atoms with E-state index in [2.05, 4.69) is 20.3 Å². The van der Waals surface area contributed by atoms with E-state index >= 15 is 4.39 Å². The van der Waals surface area contributed by atoms with E-state index in [1.807, 2.05) is 6.07 Å². The minimum atomic E-state index is -3.15. The van der Waals surface area contributed by atoms with Gasteiger partial charge in [0.15, 0.2) is 5.82 Å². The first-order chi connectivity index (χ1) is 22.7. The summed E-state index contributed by atoms with van der Waals surface area (Å²) in [5.74, 6) is -6.67. The zero-order chi connectivity index (χ0) is 34.7. The standard InChI is InChI=1S/C30H23ClF6N8O2S/c1-45-10-30(36,37)7-11(45)9-47-29-43-22-18(28(44-29)42-21(25(34)35)13-3-2-6-41-26(13)39)23(46)19(31)17(20(22)33)12-4-5-15(32)24-16(12)14(8-38)27(40)48-24/h2-6,11,21,25,46H,7,9-10,40H2,1H3,(H2,39,41)(H,42,43,44)/t11-,21-/m0/s1. The van der Waals surface area contributed by atoms with Crippen LogP contribution in [0.15, 0.2) is 30.5 Å². The minimum absolute atomic E-state index is 0.0555. The van der Waals surface area contributed by atoms with Crippen molar-refractivity contribution in [1.29, 1.82) is 5.26 Å². The monoisotopic (exact) mass is 708 g/mol. The predicted molar refractivity (Wildman–Crippen MR) is 169 cm³/mol. The maximum atomic E-state index is 16.8. The molecule has 0 unspecified atom stereocenters. The average Bonchev–Trinajstić information content (AvgIpc) is 3.52. The first-order valence-corrected chi connectivity index (χ1v) is 15.2. The fourth-order valence-corrected chi connectivity index (χ4v) is 6.94. The van der Waals surface area contributed by atoms with Gasteiger partial charge in [0.25, 0.3) is 12.3 Å². The number of hydrogen-bond acceptors (Lipinski definition) is 11. The largest absolute Gasteiger partial charge is 0.506 e. The van der Waals surface area contributed by atoms with Crippen molar-refractivity contribution in [2.45, 2.75) is 30.9 Å². The Bertz CT molecular complexity index is 2130. The van der Waals surface area contributed by atoms with Gasteiger partial charge in [0.05, 0.1) is 27.2 Å². The number of likely N-dealkylation sites (tertiary alicyclic amines) is 1. The molecule has 0 amide bonds. The van der Waals surface area contributed by atoms with Crippen LogP contribution in [-0.4, -0.2) is 63.5 Å². The molecule has 5 aromatic rings. The number of aromatic hydroxyl groups is 1. The van der Waals surface area contributed by atoms with E-state index in [0.29, 0.717) is 0 Å². The highest BCUT2D eigenvalue weighted by Gasteiger charge is 2.43. The fraction of sp³-hybridized carbons (Fsp3) is 0.267. The summed E-state index contributed by atoms with van der Waals surface area (Å²) in [4.78, 5) is 13.4. The van der Waals surface area contributed by atoms with Gasteiger partial charge in [-0.05, 0) is 24.7 Å². The number of benzene rings is 2. The van der Waals surface area contributed by atoms with Crippen LogP contribution in [0, 0.1) is 23.0 Å². The summed E-state index contributed by atoms with van der Waals surface area (Å²) in [5, 5.41) is 22.3. The lowest BCUT2D eigenvalue weighted by Crippen LogP contribution is -2.31. The van der Waals surface area contributed by atoms with Crippen LogP contribution in [0.25, 0.3) is 32.1 Å². The summed E-state index contributed by atoms with van der Waals surface area (Å²) in [6.45, 7) is -0.930. The summed E-state index contributed by atoms with van der Waals surface area (Å²) in [7, 11) is 1.46. The number of thiophene rings is 1. The van der Waals surface area contributed by atoms with Crippen molar-refractivity contribution in [3.63, 3.8) is 0 Å². The predicted octanol–water partition coefficient (Wildman–Crippen LogP) is 6.72. The Morgan fingerprint density at radius 2 is 1.98 bits per heavy atom. The maximum Gasteiger partial charge on any atom is 0.319 e. The van der Waals surface area contributed by atoms with Crippen molar-refractivity contribution < 1.29 is 36.2 Å². The van der Waals surface area contributed by atoms with Crippen LogP contribution in [0.3, 0.4) is 0 Å². The van der Waals surface area contributed by atoms with Crippen molar-refractivity contribution in [3.8, 4) is 29.0 Å². The number of rotatable bonds is 8. The Hall–Kier alpha value is -4.79. The summed E-state index contributed by atoms with van der Waals surface area (Å²) >= 11 is 7.28. The van der Waals surface area contributed by atoms with Gasteiger partial charge < -0.3 is 26.6 Å². The van der Waals surface area contributed by atoms with Crippen molar-refractivity contribution in [1.82, 2.24) is 19.9 Å². The van der Waals surface area contributed by atoms with Crippen LogP contribution in [0.1, 0.15) is 23.6 Å². The second-order valence-electron chi connectivity index (χ2n) is 11.1. The Labute approximate surface area is 276 Å². The number of ether oxygens (including phenoxy) is 1. The van der Waals surface area contributed by atoms with Gasteiger partial charge in [-0.2, -0.15) is 15.2 Å². The van der Waals surface area contributed by atoms with Gasteiger partial charge in [0, 0.05) is 35.2 Å². The van der Waals surface area contributed by atoms with Gasteiger partial charge in [-0.3, -0.25) is 4.90 Å². The molecule has 0 radical (unpaired) electrons. The smallest absolute Gasteiger partial charge is 0.319 e. The Morgan fingerprint density at radius 3 is 2.62 bits per heavy atom. The summed E-state index contributed by atoms with van der Waals surface area (Å²) in [6.07, 6.45) is -2.43. The number of aromatic nitrogens is 3. The SMILES string of the molecule is CN1CC(F)(F)C[C@H]1COc1nc(N[C@@H](c2cccnc2N)C(F)F)c2c(O)c(Cl)c(-c3ccc(F)c4sc(N)c(C#N)c34)c(F)c2n1. The molecule has 1 aliphatic heterocycles. The molecular formula is C30H23ClF6N8O2S. The Kier molecular flexibility index (Phi) is 8.52. The van der Waals surface area contributed by atoms with Crippen molar-refractivity contribution in [2.24, 2.45) is 0 Å². The summed E-state index contributed by atoms with van der Waals surface area (Å²) < 4.78 is 94.1.